The van der Waals surface area contributed by atoms with Gasteiger partial charge in [-0.1, -0.05) is 19.1 Å². The largest absolute Gasteiger partial charge is 0.395 e. The van der Waals surface area contributed by atoms with Gasteiger partial charge >= 0.3 is 0 Å². The number of carbonyl (C=O) groups is 1. The van der Waals surface area contributed by atoms with E-state index in [2.05, 4.69) is 11.8 Å². The molecule has 1 saturated heterocycles. The number of β-amino-alcohol motifs (C(OH)–C–C–N with tert-alkyl or cyclic N) is 1. The average molecular weight is 276 g/mol. The van der Waals surface area contributed by atoms with Crippen molar-refractivity contribution in [1.29, 1.82) is 0 Å². The summed E-state index contributed by atoms with van der Waals surface area (Å²) >= 11 is 0. The molecule has 0 atom stereocenters. The topological polar surface area (TPSA) is 43.8 Å². The molecule has 1 N–H and O–H groups in total. The van der Waals surface area contributed by atoms with Gasteiger partial charge in [0, 0.05) is 31.7 Å². The lowest BCUT2D eigenvalue weighted by molar-refractivity contribution is 0.0760. The summed E-state index contributed by atoms with van der Waals surface area (Å²) in [7, 11) is 0. The van der Waals surface area contributed by atoms with E-state index in [1.807, 2.05) is 29.2 Å². The average Bonchev–Trinajstić information content (AvgIpc) is 2.73. The zero-order valence-electron chi connectivity index (χ0n) is 12.2. The maximum atomic E-state index is 12.5. The van der Waals surface area contributed by atoms with E-state index < -0.39 is 0 Å². The van der Waals surface area contributed by atoms with Gasteiger partial charge in [0.15, 0.2) is 0 Å². The van der Waals surface area contributed by atoms with Gasteiger partial charge in [0.1, 0.15) is 0 Å². The molecular formula is C16H24N2O2. The molecule has 1 fully saturated rings. The van der Waals surface area contributed by atoms with Crippen molar-refractivity contribution in [3.63, 3.8) is 0 Å². The molecule has 0 spiro atoms. The molecule has 1 amide bonds. The smallest absolute Gasteiger partial charge is 0.253 e. The van der Waals surface area contributed by atoms with Crippen LogP contribution in [-0.4, -0.2) is 60.1 Å². The minimum atomic E-state index is 0.124. The molecule has 20 heavy (non-hydrogen) atoms. The minimum Gasteiger partial charge on any atom is -0.395 e. The number of amides is 1. The van der Waals surface area contributed by atoms with Crippen LogP contribution in [0, 0.1) is 0 Å². The Morgan fingerprint density at radius 3 is 2.55 bits per heavy atom. The van der Waals surface area contributed by atoms with E-state index in [1.165, 1.54) is 5.56 Å². The molecule has 0 aromatic heterocycles. The van der Waals surface area contributed by atoms with E-state index in [0.29, 0.717) is 6.54 Å². The van der Waals surface area contributed by atoms with Crippen molar-refractivity contribution in [3.05, 3.63) is 35.4 Å². The molecule has 0 unspecified atom stereocenters. The standard InChI is InChI=1S/C16H24N2O2/c1-2-14-4-6-15(7-5-14)16(20)18-9-3-8-17(10-11-18)12-13-19/h4-7,19H,2-3,8-13H2,1H3. The van der Waals surface area contributed by atoms with Crippen LogP contribution < -0.4 is 0 Å². The molecule has 1 heterocycles. The summed E-state index contributed by atoms with van der Waals surface area (Å²) in [6, 6.07) is 7.92. The number of hydrogen-bond acceptors (Lipinski definition) is 3. The Kier molecular flexibility index (Phi) is 5.56. The Balaban J connectivity index is 1.97. The van der Waals surface area contributed by atoms with E-state index in [4.69, 9.17) is 5.11 Å². The highest BCUT2D eigenvalue weighted by Crippen LogP contribution is 2.11. The quantitative estimate of drug-likeness (QED) is 0.904. The maximum absolute atomic E-state index is 12.5. The fourth-order valence-corrected chi connectivity index (χ4v) is 2.60. The summed E-state index contributed by atoms with van der Waals surface area (Å²) in [6.45, 7) is 6.35. The number of hydrogen-bond donors (Lipinski definition) is 1. The minimum absolute atomic E-state index is 0.124. The molecule has 110 valence electrons. The van der Waals surface area contributed by atoms with E-state index >= 15 is 0 Å². The highest BCUT2D eigenvalue weighted by Gasteiger charge is 2.19. The number of aryl methyl sites for hydroxylation is 1. The van der Waals surface area contributed by atoms with Crippen molar-refractivity contribution in [1.82, 2.24) is 9.80 Å². The van der Waals surface area contributed by atoms with Crippen LogP contribution in [0.2, 0.25) is 0 Å². The van der Waals surface area contributed by atoms with Gasteiger partial charge in [-0.15, -0.1) is 0 Å². The van der Waals surface area contributed by atoms with Crippen molar-refractivity contribution in [3.8, 4) is 0 Å². The second kappa shape index (κ2) is 7.41. The first-order chi connectivity index (χ1) is 9.74. The molecule has 0 aliphatic carbocycles. The zero-order valence-corrected chi connectivity index (χ0v) is 12.2. The van der Waals surface area contributed by atoms with Crippen LogP contribution in [0.4, 0.5) is 0 Å². The third-order valence-corrected chi connectivity index (χ3v) is 3.90. The fourth-order valence-electron chi connectivity index (χ4n) is 2.60. The summed E-state index contributed by atoms with van der Waals surface area (Å²) in [5, 5.41) is 8.99. The molecule has 1 aromatic carbocycles. The Bertz CT molecular complexity index is 431. The molecular weight excluding hydrogens is 252 g/mol. The van der Waals surface area contributed by atoms with Gasteiger partial charge in [0.05, 0.1) is 6.61 Å². The Hall–Kier alpha value is -1.39. The van der Waals surface area contributed by atoms with Crippen LogP contribution >= 0.6 is 0 Å². The number of nitrogens with zero attached hydrogens (tertiary/aromatic N) is 2. The first-order valence-electron chi connectivity index (χ1n) is 7.46. The Labute approximate surface area is 121 Å². The van der Waals surface area contributed by atoms with Crippen molar-refractivity contribution in [2.45, 2.75) is 19.8 Å². The van der Waals surface area contributed by atoms with E-state index in [9.17, 15) is 4.79 Å². The molecule has 4 heteroatoms. The SMILES string of the molecule is CCc1ccc(C(=O)N2CCCN(CCO)CC2)cc1. The first-order valence-corrected chi connectivity index (χ1v) is 7.46. The number of carbonyl (C=O) groups excluding carboxylic acids is 1. The lowest BCUT2D eigenvalue weighted by atomic mass is 10.1. The molecule has 1 aliphatic rings. The molecule has 1 aliphatic heterocycles. The molecule has 0 saturated carbocycles. The number of aliphatic hydroxyl groups excluding tert-OH is 1. The van der Waals surface area contributed by atoms with Gasteiger partial charge in [-0.25, -0.2) is 0 Å². The second-order valence-electron chi connectivity index (χ2n) is 5.26. The van der Waals surface area contributed by atoms with Crippen LogP contribution in [-0.2, 0) is 6.42 Å². The number of aliphatic hydroxyl groups is 1. The third-order valence-electron chi connectivity index (χ3n) is 3.90. The van der Waals surface area contributed by atoms with E-state index in [1.54, 1.807) is 0 Å². The third kappa shape index (κ3) is 3.81. The summed E-state index contributed by atoms with van der Waals surface area (Å²) in [5.41, 5.74) is 2.03. The predicted octanol–water partition coefficient (Wildman–Crippen LogP) is 1.39. The predicted molar refractivity (Wildman–Crippen MR) is 79.9 cm³/mol. The highest BCUT2D eigenvalue weighted by atomic mass is 16.3. The fraction of sp³-hybridized carbons (Fsp3) is 0.562. The van der Waals surface area contributed by atoms with Gasteiger partial charge in [-0.2, -0.15) is 0 Å². The first kappa shape index (κ1) is 15.0. The summed E-state index contributed by atoms with van der Waals surface area (Å²) in [6.07, 6.45) is 1.97. The molecule has 2 rings (SSSR count). The van der Waals surface area contributed by atoms with Gasteiger partial charge in [-0.05, 0) is 37.1 Å². The number of rotatable bonds is 4. The highest BCUT2D eigenvalue weighted by molar-refractivity contribution is 5.94. The van der Waals surface area contributed by atoms with Crippen molar-refractivity contribution >= 4 is 5.91 Å². The summed E-state index contributed by atoms with van der Waals surface area (Å²) in [4.78, 5) is 16.6. The summed E-state index contributed by atoms with van der Waals surface area (Å²) < 4.78 is 0. The van der Waals surface area contributed by atoms with E-state index in [-0.39, 0.29) is 12.5 Å². The molecule has 0 radical (unpaired) electrons. The normalized spacial score (nSPS) is 17.0. The van der Waals surface area contributed by atoms with Crippen molar-refractivity contribution in [2.24, 2.45) is 0 Å². The molecule has 1 aromatic rings. The molecule has 4 nitrogen and oxygen atoms in total. The maximum Gasteiger partial charge on any atom is 0.253 e. The van der Waals surface area contributed by atoms with Crippen LogP contribution in [0.1, 0.15) is 29.3 Å². The van der Waals surface area contributed by atoms with Crippen LogP contribution in [0.3, 0.4) is 0 Å². The Morgan fingerprint density at radius 2 is 1.90 bits per heavy atom. The Morgan fingerprint density at radius 1 is 1.15 bits per heavy atom. The van der Waals surface area contributed by atoms with Crippen LogP contribution in [0.5, 0.6) is 0 Å². The van der Waals surface area contributed by atoms with Crippen LogP contribution in [0.15, 0.2) is 24.3 Å². The monoisotopic (exact) mass is 276 g/mol. The van der Waals surface area contributed by atoms with Crippen LogP contribution in [0.25, 0.3) is 0 Å². The second-order valence-corrected chi connectivity index (χ2v) is 5.26. The van der Waals surface area contributed by atoms with Gasteiger partial charge in [0.25, 0.3) is 5.91 Å². The van der Waals surface area contributed by atoms with Gasteiger partial charge in [0.2, 0.25) is 0 Å². The summed E-state index contributed by atoms with van der Waals surface area (Å²) in [5.74, 6) is 0.124. The van der Waals surface area contributed by atoms with Gasteiger partial charge in [-0.3, -0.25) is 9.69 Å². The lowest BCUT2D eigenvalue weighted by Crippen LogP contribution is -2.35. The molecule has 0 bridgehead atoms. The lowest BCUT2D eigenvalue weighted by Gasteiger charge is -2.21. The van der Waals surface area contributed by atoms with E-state index in [0.717, 1.165) is 44.6 Å². The van der Waals surface area contributed by atoms with Crippen molar-refractivity contribution < 1.29 is 9.90 Å². The zero-order chi connectivity index (χ0) is 14.4. The number of benzene rings is 1. The van der Waals surface area contributed by atoms with Crippen molar-refractivity contribution in [2.75, 3.05) is 39.3 Å². The van der Waals surface area contributed by atoms with Gasteiger partial charge < -0.3 is 10.0 Å².